The first kappa shape index (κ1) is 19.0. The van der Waals surface area contributed by atoms with Crippen LogP contribution in [0.3, 0.4) is 0 Å². The number of aliphatic carboxylic acids is 1. The van der Waals surface area contributed by atoms with Crippen LogP contribution in [0.25, 0.3) is 10.8 Å². The maximum atomic E-state index is 13.2. The summed E-state index contributed by atoms with van der Waals surface area (Å²) in [6.45, 7) is 6.25. The Morgan fingerprint density at radius 2 is 1.93 bits per heavy atom. The topological polar surface area (TPSA) is 102 Å². The van der Waals surface area contributed by atoms with E-state index >= 15 is 0 Å². The van der Waals surface area contributed by atoms with Gasteiger partial charge in [-0.15, -0.1) is 0 Å². The summed E-state index contributed by atoms with van der Waals surface area (Å²) in [5.74, 6) is -1.33. The highest BCUT2D eigenvalue weighted by Crippen LogP contribution is 2.19. The van der Waals surface area contributed by atoms with Crippen molar-refractivity contribution < 1.29 is 19.4 Å². The number of rotatable bonds is 4. The monoisotopic (exact) mass is 373 g/mol. The molecular formula is C19H23N3O5. The SMILES string of the molecule is CC(C)Cn1nc(C(=O)N2CC(C(=O)O)O[C@H](C)C2)c2ccccc2c1=O. The Morgan fingerprint density at radius 3 is 2.56 bits per heavy atom. The van der Waals surface area contributed by atoms with Gasteiger partial charge >= 0.3 is 5.97 Å². The number of hydrogen-bond acceptors (Lipinski definition) is 5. The molecule has 0 radical (unpaired) electrons. The van der Waals surface area contributed by atoms with E-state index in [1.807, 2.05) is 13.8 Å². The minimum atomic E-state index is -1.11. The number of fused-ring (bicyclic) bond motifs is 1. The average Bonchev–Trinajstić information content (AvgIpc) is 2.62. The van der Waals surface area contributed by atoms with Crippen molar-refractivity contribution in [2.75, 3.05) is 13.1 Å². The van der Waals surface area contributed by atoms with Gasteiger partial charge in [0.2, 0.25) is 0 Å². The van der Waals surface area contributed by atoms with E-state index in [1.54, 1.807) is 31.2 Å². The minimum Gasteiger partial charge on any atom is -0.479 e. The summed E-state index contributed by atoms with van der Waals surface area (Å²) < 4.78 is 6.70. The second-order valence-electron chi connectivity index (χ2n) is 7.26. The molecule has 1 aliphatic rings. The van der Waals surface area contributed by atoms with Crippen molar-refractivity contribution in [3.8, 4) is 0 Å². The third-order valence-corrected chi connectivity index (χ3v) is 4.43. The molecular weight excluding hydrogens is 350 g/mol. The van der Waals surface area contributed by atoms with E-state index in [1.165, 1.54) is 9.58 Å². The molecule has 8 heteroatoms. The fraction of sp³-hybridized carbons (Fsp3) is 0.474. The molecule has 0 aliphatic carbocycles. The highest BCUT2D eigenvalue weighted by Gasteiger charge is 2.34. The average molecular weight is 373 g/mol. The van der Waals surface area contributed by atoms with Crippen molar-refractivity contribution in [3.05, 3.63) is 40.3 Å². The van der Waals surface area contributed by atoms with Crippen molar-refractivity contribution in [3.63, 3.8) is 0 Å². The van der Waals surface area contributed by atoms with Crippen LogP contribution in [-0.2, 0) is 16.1 Å². The lowest BCUT2D eigenvalue weighted by Gasteiger charge is -2.34. The molecule has 2 atom stereocenters. The fourth-order valence-corrected chi connectivity index (χ4v) is 3.27. The maximum absolute atomic E-state index is 13.2. The first-order valence-electron chi connectivity index (χ1n) is 8.95. The Kier molecular flexibility index (Phi) is 5.27. The Bertz CT molecular complexity index is 937. The molecule has 27 heavy (non-hydrogen) atoms. The molecule has 1 aromatic carbocycles. The summed E-state index contributed by atoms with van der Waals surface area (Å²) >= 11 is 0. The van der Waals surface area contributed by atoms with Gasteiger partial charge in [-0.2, -0.15) is 5.10 Å². The van der Waals surface area contributed by atoms with Crippen LogP contribution in [0.1, 0.15) is 31.3 Å². The summed E-state index contributed by atoms with van der Waals surface area (Å²) in [5.41, 5.74) is -0.0845. The molecule has 0 spiro atoms. The van der Waals surface area contributed by atoms with Crippen molar-refractivity contribution in [2.24, 2.45) is 5.92 Å². The zero-order chi connectivity index (χ0) is 19.7. The Hall–Kier alpha value is -2.74. The molecule has 1 amide bonds. The van der Waals surface area contributed by atoms with E-state index in [0.29, 0.717) is 17.3 Å². The van der Waals surface area contributed by atoms with E-state index in [-0.39, 0.29) is 30.3 Å². The van der Waals surface area contributed by atoms with E-state index in [4.69, 9.17) is 4.74 Å². The quantitative estimate of drug-likeness (QED) is 0.868. The van der Waals surface area contributed by atoms with Crippen LogP contribution in [0.15, 0.2) is 29.1 Å². The van der Waals surface area contributed by atoms with Crippen LogP contribution in [0.4, 0.5) is 0 Å². The minimum absolute atomic E-state index is 0.0577. The lowest BCUT2D eigenvalue weighted by molar-refractivity contribution is -0.160. The van der Waals surface area contributed by atoms with Gasteiger partial charge in [0, 0.05) is 18.5 Å². The number of carboxylic acids is 1. The van der Waals surface area contributed by atoms with Crippen LogP contribution in [0, 0.1) is 5.92 Å². The predicted molar refractivity (Wildman–Crippen MR) is 98.7 cm³/mol. The largest absolute Gasteiger partial charge is 0.479 e. The lowest BCUT2D eigenvalue weighted by atomic mass is 10.1. The number of nitrogens with zero attached hydrogens (tertiary/aromatic N) is 3. The number of hydrogen-bond donors (Lipinski definition) is 1. The normalized spacial score (nSPS) is 20.2. The van der Waals surface area contributed by atoms with Crippen molar-refractivity contribution in [2.45, 2.75) is 39.5 Å². The lowest BCUT2D eigenvalue weighted by Crippen LogP contribution is -2.52. The van der Waals surface area contributed by atoms with Gasteiger partial charge in [0.05, 0.1) is 18.0 Å². The highest BCUT2D eigenvalue weighted by atomic mass is 16.5. The number of benzene rings is 1. The summed E-state index contributed by atoms with van der Waals surface area (Å²) in [6, 6.07) is 6.86. The van der Waals surface area contributed by atoms with Gasteiger partial charge in [-0.1, -0.05) is 32.0 Å². The van der Waals surface area contributed by atoms with E-state index < -0.39 is 24.1 Å². The number of aromatic nitrogens is 2. The first-order valence-corrected chi connectivity index (χ1v) is 8.95. The van der Waals surface area contributed by atoms with Gasteiger partial charge < -0.3 is 14.7 Å². The van der Waals surface area contributed by atoms with Crippen LogP contribution in [0.2, 0.25) is 0 Å². The summed E-state index contributed by atoms with van der Waals surface area (Å²) in [6.07, 6.45) is -1.48. The van der Waals surface area contributed by atoms with Crippen LogP contribution in [-0.4, -0.2) is 57.0 Å². The van der Waals surface area contributed by atoms with Gasteiger partial charge in [0.25, 0.3) is 11.5 Å². The third kappa shape index (κ3) is 3.85. The number of amides is 1. The highest BCUT2D eigenvalue weighted by molar-refractivity contribution is 6.05. The maximum Gasteiger partial charge on any atom is 0.334 e. The Labute approximate surface area is 156 Å². The molecule has 1 N–H and O–H groups in total. The molecule has 1 aromatic heterocycles. The Balaban J connectivity index is 2.07. The van der Waals surface area contributed by atoms with Crippen molar-refractivity contribution >= 4 is 22.6 Å². The van der Waals surface area contributed by atoms with Crippen LogP contribution >= 0.6 is 0 Å². The number of morpholine rings is 1. The van der Waals surface area contributed by atoms with Crippen molar-refractivity contribution in [1.29, 1.82) is 0 Å². The standard InChI is InChI=1S/C19H23N3O5/c1-11(2)8-22-17(23)14-7-5-4-6-13(14)16(20-22)18(24)21-9-12(3)27-15(10-21)19(25)26/h4-7,11-12,15H,8-10H2,1-3H3,(H,25,26)/t12-,15?/m1/s1. The molecule has 8 nitrogen and oxygen atoms in total. The molecule has 2 heterocycles. The summed E-state index contributed by atoms with van der Waals surface area (Å²) in [5, 5.41) is 14.5. The number of carbonyl (C=O) groups excluding carboxylic acids is 1. The van der Waals surface area contributed by atoms with Crippen LogP contribution < -0.4 is 5.56 Å². The van der Waals surface area contributed by atoms with Gasteiger partial charge in [-0.05, 0) is 18.9 Å². The second-order valence-corrected chi connectivity index (χ2v) is 7.26. The molecule has 3 rings (SSSR count). The predicted octanol–water partition coefficient (Wildman–Crippen LogP) is 1.37. The smallest absolute Gasteiger partial charge is 0.334 e. The molecule has 1 unspecified atom stereocenters. The number of ether oxygens (including phenoxy) is 1. The Morgan fingerprint density at radius 1 is 1.26 bits per heavy atom. The zero-order valence-electron chi connectivity index (χ0n) is 15.6. The zero-order valence-corrected chi connectivity index (χ0v) is 15.6. The molecule has 0 bridgehead atoms. The van der Waals surface area contributed by atoms with Gasteiger partial charge in [-0.3, -0.25) is 9.59 Å². The van der Waals surface area contributed by atoms with Crippen LogP contribution in [0.5, 0.6) is 0 Å². The molecule has 1 saturated heterocycles. The molecule has 144 valence electrons. The molecule has 1 fully saturated rings. The van der Waals surface area contributed by atoms with Gasteiger partial charge in [-0.25, -0.2) is 9.48 Å². The first-order chi connectivity index (χ1) is 12.8. The van der Waals surface area contributed by atoms with E-state index in [0.717, 1.165) is 0 Å². The molecule has 2 aromatic rings. The second kappa shape index (κ2) is 7.48. The summed E-state index contributed by atoms with van der Waals surface area (Å²) in [4.78, 5) is 38.6. The fourth-order valence-electron chi connectivity index (χ4n) is 3.27. The van der Waals surface area contributed by atoms with Gasteiger partial charge in [0.1, 0.15) is 0 Å². The summed E-state index contributed by atoms with van der Waals surface area (Å²) in [7, 11) is 0. The number of carboxylic acid groups (broad SMARTS) is 1. The van der Waals surface area contributed by atoms with E-state index in [9.17, 15) is 19.5 Å². The molecule has 1 aliphatic heterocycles. The number of carbonyl (C=O) groups is 2. The van der Waals surface area contributed by atoms with Gasteiger partial charge in [0.15, 0.2) is 11.8 Å². The van der Waals surface area contributed by atoms with E-state index in [2.05, 4.69) is 5.10 Å². The third-order valence-electron chi connectivity index (χ3n) is 4.43. The van der Waals surface area contributed by atoms with Crippen molar-refractivity contribution in [1.82, 2.24) is 14.7 Å². The molecule has 0 saturated carbocycles.